The van der Waals surface area contributed by atoms with Gasteiger partial charge >= 0.3 is 0 Å². The van der Waals surface area contributed by atoms with Gasteiger partial charge in [-0.2, -0.15) is 5.10 Å². The van der Waals surface area contributed by atoms with Gasteiger partial charge in [-0.25, -0.2) is 19.6 Å². The summed E-state index contributed by atoms with van der Waals surface area (Å²) in [5, 5.41) is 7.08. The van der Waals surface area contributed by atoms with Gasteiger partial charge in [0.15, 0.2) is 5.82 Å². The summed E-state index contributed by atoms with van der Waals surface area (Å²) in [6.07, 6.45) is 6.13. The van der Waals surface area contributed by atoms with Crippen molar-refractivity contribution in [2.45, 2.75) is 12.8 Å². The summed E-state index contributed by atoms with van der Waals surface area (Å²) in [5.74, 6) is 2.29. The number of ether oxygens (including phenoxy) is 1. The predicted octanol–water partition coefficient (Wildman–Crippen LogP) is 1.92. The van der Waals surface area contributed by atoms with Gasteiger partial charge in [-0.1, -0.05) is 0 Å². The summed E-state index contributed by atoms with van der Waals surface area (Å²) in [6.45, 7) is 1.52. The van der Waals surface area contributed by atoms with Crippen molar-refractivity contribution in [1.29, 1.82) is 0 Å². The number of amides is 1. The van der Waals surface area contributed by atoms with Crippen LogP contribution in [0.25, 0.3) is 5.82 Å². The number of aromatic nitrogens is 5. The molecule has 9 nitrogen and oxygen atoms in total. The number of rotatable bonds is 5. The zero-order valence-electron chi connectivity index (χ0n) is 15.5. The minimum atomic E-state index is -0.0185. The molecule has 1 amide bonds. The Balaban J connectivity index is 1.35. The average Bonchev–Trinajstić information content (AvgIpc) is 3.29. The van der Waals surface area contributed by atoms with Gasteiger partial charge < -0.3 is 15.0 Å². The predicted molar refractivity (Wildman–Crippen MR) is 104 cm³/mol. The smallest absolute Gasteiger partial charge is 0.227 e. The second-order valence-corrected chi connectivity index (χ2v) is 6.55. The van der Waals surface area contributed by atoms with E-state index in [1.165, 1.54) is 12.7 Å². The van der Waals surface area contributed by atoms with E-state index in [0.717, 1.165) is 43.2 Å². The molecule has 3 heterocycles. The highest BCUT2D eigenvalue weighted by Crippen LogP contribution is 2.24. The van der Waals surface area contributed by atoms with E-state index in [1.54, 1.807) is 18.1 Å². The van der Waals surface area contributed by atoms with Crippen molar-refractivity contribution >= 4 is 17.4 Å². The monoisotopic (exact) mass is 379 g/mol. The number of piperidine rings is 1. The number of hydrogen-bond acceptors (Lipinski definition) is 7. The Morgan fingerprint density at radius 3 is 2.54 bits per heavy atom. The van der Waals surface area contributed by atoms with E-state index in [4.69, 9.17) is 4.74 Å². The normalized spacial score (nSPS) is 14.7. The Morgan fingerprint density at radius 1 is 1.11 bits per heavy atom. The topological polar surface area (TPSA) is 98.1 Å². The molecule has 0 atom stereocenters. The lowest BCUT2D eigenvalue weighted by molar-refractivity contribution is -0.120. The zero-order valence-corrected chi connectivity index (χ0v) is 15.5. The first-order valence-corrected chi connectivity index (χ1v) is 9.10. The zero-order chi connectivity index (χ0) is 19.3. The fourth-order valence-corrected chi connectivity index (χ4v) is 3.25. The second-order valence-electron chi connectivity index (χ2n) is 6.55. The van der Waals surface area contributed by atoms with E-state index in [1.807, 2.05) is 30.3 Å². The van der Waals surface area contributed by atoms with E-state index >= 15 is 0 Å². The first kappa shape index (κ1) is 17.9. The van der Waals surface area contributed by atoms with Crippen molar-refractivity contribution in [3.8, 4) is 11.6 Å². The van der Waals surface area contributed by atoms with E-state index in [-0.39, 0.29) is 11.8 Å². The van der Waals surface area contributed by atoms with Crippen molar-refractivity contribution in [1.82, 2.24) is 24.7 Å². The van der Waals surface area contributed by atoms with Gasteiger partial charge in [-0.15, -0.1) is 0 Å². The lowest BCUT2D eigenvalue weighted by Crippen LogP contribution is -2.38. The maximum atomic E-state index is 12.6. The van der Waals surface area contributed by atoms with Crippen LogP contribution in [0.2, 0.25) is 0 Å². The SMILES string of the molecule is COc1ccc(NC(=O)C2CCN(c3cc(-n4cncn4)ncn3)CC2)cc1. The standard InChI is InChI=1S/C19H21N7O2/c1-28-16-4-2-15(3-5-16)24-19(27)14-6-8-25(9-7-14)17-10-18(22-12-21-17)26-13-20-11-23-26/h2-5,10-14H,6-9H2,1H3,(H,24,27). The molecule has 0 radical (unpaired) electrons. The highest BCUT2D eigenvalue weighted by atomic mass is 16.5. The molecule has 0 bridgehead atoms. The molecule has 1 saturated heterocycles. The molecule has 28 heavy (non-hydrogen) atoms. The number of benzene rings is 1. The largest absolute Gasteiger partial charge is 0.497 e. The highest BCUT2D eigenvalue weighted by molar-refractivity contribution is 5.92. The van der Waals surface area contributed by atoms with Gasteiger partial charge in [0.05, 0.1) is 7.11 Å². The first-order valence-electron chi connectivity index (χ1n) is 9.10. The minimum absolute atomic E-state index is 0.0185. The summed E-state index contributed by atoms with van der Waals surface area (Å²) in [4.78, 5) is 27.3. The fourth-order valence-electron chi connectivity index (χ4n) is 3.25. The molecule has 0 spiro atoms. The molecule has 0 unspecified atom stereocenters. The van der Waals surface area contributed by atoms with Crippen LogP contribution in [0, 0.1) is 5.92 Å². The summed E-state index contributed by atoms with van der Waals surface area (Å²) in [5.41, 5.74) is 0.779. The van der Waals surface area contributed by atoms with Gasteiger partial charge in [0.1, 0.15) is 30.5 Å². The van der Waals surface area contributed by atoms with Crippen molar-refractivity contribution in [2.24, 2.45) is 5.92 Å². The van der Waals surface area contributed by atoms with Crippen molar-refractivity contribution in [2.75, 3.05) is 30.4 Å². The average molecular weight is 379 g/mol. The number of nitrogens with one attached hydrogen (secondary N) is 1. The molecule has 1 fully saturated rings. The summed E-state index contributed by atoms with van der Waals surface area (Å²) in [7, 11) is 1.62. The quantitative estimate of drug-likeness (QED) is 0.723. The number of methoxy groups -OCH3 is 1. The van der Waals surface area contributed by atoms with Crippen molar-refractivity contribution in [3.63, 3.8) is 0 Å². The van der Waals surface area contributed by atoms with Crippen LogP contribution in [-0.2, 0) is 4.79 Å². The third-order valence-electron chi connectivity index (χ3n) is 4.84. The molecule has 1 aromatic carbocycles. The maximum absolute atomic E-state index is 12.6. The highest BCUT2D eigenvalue weighted by Gasteiger charge is 2.26. The molecule has 9 heteroatoms. The van der Waals surface area contributed by atoms with Crippen LogP contribution in [0.4, 0.5) is 11.5 Å². The van der Waals surface area contributed by atoms with Gasteiger partial charge in [-0.05, 0) is 37.1 Å². The van der Waals surface area contributed by atoms with E-state index in [2.05, 4.69) is 30.3 Å². The van der Waals surface area contributed by atoms with Crippen LogP contribution in [0.3, 0.4) is 0 Å². The number of anilines is 2. The first-order chi connectivity index (χ1) is 13.7. The second kappa shape index (κ2) is 8.03. The third kappa shape index (κ3) is 3.93. The summed E-state index contributed by atoms with van der Waals surface area (Å²) in [6, 6.07) is 9.24. The number of carbonyl (C=O) groups is 1. The minimum Gasteiger partial charge on any atom is -0.497 e. The molecular weight excluding hydrogens is 358 g/mol. The fraction of sp³-hybridized carbons (Fsp3) is 0.316. The van der Waals surface area contributed by atoms with Crippen LogP contribution in [-0.4, -0.2) is 50.8 Å². The maximum Gasteiger partial charge on any atom is 0.227 e. The summed E-state index contributed by atoms with van der Waals surface area (Å²) < 4.78 is 6.74. The molecule has 1 N–H and O–H groups in total. The van der Waals surface area contributed by atoms with Crippen LogP contribution in [0.15, 0.2) is 49.3 Å². The van der Waals surface area contributed by atoms with E-state index < -0.39 is 0 Å². The van der Waals surface area contributed by atoms with Crippen LogP contribution in [0.1, 0.15) is 12.8 Å². The lowest BCUT2D eigenvalue weighted by atomic mass is 9.96. The molecule has 4 rings (SSSR count). The van der Waals surface area contributed by atoms with E-state index in [9.17, 15) is 4.79 Å². The number of nitrogens with zero attached hydrogens (tertiary/aromatic N) is 6. The molecule has 144 valence electrons. The van der Waals surface area contributed by atoms with Gasteiger partial charge in [0.2, 0.25) is 5.91 Å². The van der Waals surface area contributed by atoms with Gasteiger partial charge in [0, 0.05) is 30.8 Å². The van der Waals surface area contributed by atoms with Gasteiger partial charge in [-0.3, -0.25) is 4.79 Å². The van der Waals surface area contributed by atoms with Crippen LogP contribution >= 0.6 is 0 Å². The molecule has 0 saturated carbocycles. The Kier molecular flexibility index (Phi) is 5.14. The van der Waals surface area contributed by atoms with Crippen molar-refractivity contribution in [3.05, 3.63) is 49.3 Å². The molecule has 2 aromatic heterocycles. The Bertz CT molecular complexity index is 920. The van der Waals surface area contributed by atoms with Crippen LogP contribution in [0.5, 0.6) is 5.75 Å². The van der Waals surface area contributed by atoms with E-state index in [0.29, 0.717) is 5.82 Å². The molecule has 1 aliphatic rings. The number of hydrogen-bond donors (Lipinski definition) is 1. The Labute approximate surface area is 162 Å². The third-order valence-corrected chi connectivity index (χ3v) is 4.84. The molecule has 3 aromatic rings. The lowest BCUT2D eigenvalue weighted by Gasteiger charge is -2.32. The molecule has 1 aliphatic heterocycles. The Hall–Kier alpha value is -3.49. The van der Waals surface area contributed by atoms with Gasteiger partial charge in [0.25, 0.3) is 0 Å². The van der Waals surface area contributed by atoms with Crippen molar-refractivity contribution < 1.29 is 9.53 Å². The Morgan fingerprint density at radius 2 is 1.86 bits per heavy atom. The van der Waals surface area contributed by atoms with Crippen LogP contribution < -0.4 is 15.0 Å². The number of carbonyl (C=O) groups excluding carboxylic acids is 1. The summed E-state index contributed by atoms with van der Waals surface area (Å²) >= 11 is 0. The molecule has 0 aliphatic carbocycles. The molecular formula is C19H21N7O2.